The van der Waals surface area contributed by atoms with Gasteiger partial charge in [0.1, 0.15) is 5.82 Å². The molecular formula is C15H20N4S. The molecule has 2 atom stereocenters. The number of nitrogen functional groups attached to an aromatic ring is 1. The van der Waals surface area contributed by atoms with Crippen LogP contribution in [0.25, 0.3) is 11.3 Å². The average Bonchev–Trinajstić information content (AvgIpc) is 3.07. The van der Waals surface area contributed by atoms with Gasteiger partial charge in [0.05, 0.1) is 18.2 Å². The Balaban J connectivity index is 1.94. The van der Waals surface area contributed by atoms with Gasteiger partial charge in [-0.2, -0.15) is 11.8 Å². The number of nitrogens with two attached hydrogens (primary N) is 1. The molecule has 1 fully saturated rings. The first kappa shape index (κ1) is 13.5. The summed E-state index contributed by atoms with van der Waals surface area (Å²) >= 11 is 2.07. The van der Waals surface area contributed by atoms with E-state index in [9.17, 15) is 0 Å². The van der Waals surface area contributed by atoms with E-state index in [1.165, 1.54) is 25.0 Å². The summed E-state index contributed by atoms with van der Waals surface area (Å²) in [7, 11) is 0. The van der Waals surface area contributed by atoms with E-state index in [0.717, 1.165) is 11.3 Å². The highest BCUT2D eigenvalue weighted by Gasteiger charge is 2.29. The first-order chi connectivity index (χ1) is 9.79. The predicted molar refractivity (Wildman–Crippen MR) is 84.7 cm³/mol. The normalized spacial score (nSPS) is 22.2. The van der Waals surface area contributed by atoms with Crippen molar-refractivity contribution in [3.63, 3.8) is 0 Å². The van der Waals surface area contributed by atoms with E-state index in [1.807, 2.05) is 24.7 Å². The van der Waals surface area contributed by atoms with Gasteiger partial charge in [0.2, 0.25) is 0 Å². The van der Waals surface area contributed by atoms with Gasteiger partial charge in [-0.05, 0) is 30.7 Å². The molecule has 0 amide bonds. The Bertz CT molecular complexity index is 581. The number of hydrogen-bond donors (Lipinski definition) is 1. The van der Waals surface area contributed by atoms with Crippen molar-refractivity contribution in [2.45, 2.75) is 37.5 Å². The minimum Gasteiger partial charge on any atom is -0.384 e. The highest BCUT2D eigenvalue weighted by Crippen LogP contribution is 2.40. The SMILES string of the molecule is CCSC1CCCC1n1cncc1-c1ccnc(N)c1. The van der Waals surface area contributed by atoms with Crippen LogP contribution in [-0.2, 0) is 0 Å². The van der Waals surface area contributed by atoms with Crippen LogP contribution in [0.5, 0.6) is 0 Å². The molecule has 0 spiro atoms. The van der Waals surface area contributed by atoms with Gasteiger partial charge in [-0.1, -0.05) is 13.3 Å². The van der Waals surface area contributed by atoms with Gasteiger partial charge in [-0.3, -0.25) is 0 Å². The third-order valence-electron chi connectivity index (χ3n) is 3.90. The van der Waals surface area contributed by atoms with Gasteiger partial charge < -0.3 is 10.3 Å². The lowest BCUT2D eigenvalue weighted by atomic mass is 10.1. The van der Waals surface area contributed by atoms with E-state index < -0.39 is 0 Å². The molecule has 0 aromatic carbocycles. The van der Waals surface area contributed by atoms with Gasteiger partial charge in [-0.25, -0.2) is 9.97 Å². The van der Waals surface area contributed by atoms with Crippen LogP contribution in [0, 0.1) is 0 Å². The molecule has 2 aromatic heterocycles. The first-order valence-electron chi connectivity index (χ1n) is 7.15. The van der Waals surface area contributed by atoms with Crippen LogP contribution in [-0.4, -0.2) is 25.5 Å². The maximum Gasteiger partial charge on any atom is 0.123 e. The number of aromatic nitrogens is 3. The number of imidazole rings is 1. The summed E-state index contributed by atoms with van der Waals surface area (Å²) in [5, 5.41) is 0.701. The monoisotopic (exact) mass is 288 g/mol. The highest BCUT2D eigenvalue weighted by molar-refractivity contribution is 7.99. The highest BCUT2D eigenvalue weighted by atomic mass is 32.2. The molecule has 0 bridgehead atoms. The lowest BCUT2D eigenvalue weighted by molar-refractivity contribution is 0.532. The average molecular weight is 288 g/mol. The smallest absolute Gasteiger partial charge is 0.123 e. The van der Waals surface area contributed by atoms with Gasteiger partial charge in [0, 0.05) is 23.1 Å². The number of hydrogen-bond acceptors (Lipinski definition) is 4. The van der Waals surface area contributed by atoms with Crippen molar-refractivity contribution in [1.82, 2.24) is 14.5 Å². The lowest BCUT2D eigenvalue weighted by Crippen LogP contribution is -2.16. The maximum atomic E-state index is 5.80. The molecule has 2 unspecified atom stereocenters. The second-order valence-corrected chi connectivity index (χ2v) is 6.66. The molecule has 0 saturated heterocycles. The topological polar surface area (TPSA) is 56.7 Å². The Morgan fingerprint density at radius 3 is 3.15 bits per heavy atom. The standard InChI is InChI=1S/C15H20N4S/c1-2-20-14-5-3-4-12(14)19-10-17-9-13(19)11-6-7-18-15(16)8-11/h6-10,12,14H,2-5H2,1H3,(H2,16,18). The molecule has 20 heavy (non-hydrogen) atoms. The van der Waals surface area contributed by atoms with Crippen LogP contribution < -0.4 is 5.73 Å². The summed E-state index contributed by atoms with van der Waals surface area (Å²) < 4.78 is 2.33. The van der Waals surface area contributed by atoms with E-state index in [1.54, 1.807) is 6.20 Å². The van der Waals surface area contributed by atoms with Crippen LogP contribution in [0.4, 0.5) is 5.82 Å². The molecule has 1 aliphatic carbocycles. The fourth-order valence-electron chi connectivity index (χ4n) is 3.03. The van der Waals surface area contributed by atoms with Gasteiger partial charge in [0.15, 0.2) is 0 Å². The molecule has 3 rings (SSSR count). The van der Waals surface area contributed by atoms with E-state index in [4.69, 9.17) is 5.73 Å². The molecule has 0 aliphatic heterocycles. The summed E-state index contributed by atoms with van der Waals surface area (Å²) in [6.45, 7) is 2.23. The molecule has 2 aromatic rings. The fraction of sp³-hybridized carbons (Fsp3) is 0.467. The van der Waals surface area contributed by atoms with Gasteiger partial charge in [-0.15, -0.1) is 0 Å². The van der Waals surface area contributed by atoms with Crippen LogP contribution in [0.2, 0.25) is 0 Å². The van der Waals surface area contributed by atoms with E-state index in [-0.39, 0.29) is 0 Å². The second kappa shape index (κ2) is 5.87. The summed E-state index contributed by atoms with van der Waals surface area (Å²) in [6.07, 6.45) is 9.50. The Labute approximate surface area is 123 Å². The summed E-state index contributed by atoms with van der Waals surface area (Å²) in [5.41, 5.74) is 8.04. The number of thioether (sulfide) groups is 1. The van der Waals surface area contributed by atoms with Crippen molar-refractivity contribution in [2.24, 2.45) is 0 Å². The van der Waals surface area contributed by atoms with E-state index >= 15 is 0 Å². The molecule has 1 saturated carbocycles. The zero-order chi connectivity index (χ0) is 13.9. The number of nitrogens with zero attached hydrogens (tertiary/aromatic N) is 3. The zero-order valence-electron chi connectivity index (χ0n) is 11.7. The van der Waals surface area contributed by atoms with Crippen molar-refractivity contribution in [3.05, 3.63) is 30.9 Å². The molecule has 5 heteroatoms. The molecule has 2 heterocycles. The van der Waals surface area contributed by atoms with Crippen molar-refractivity contribution >= 4 is 17.6 Å². The molecule has 2 N–H and O–H groups in total. The Hall–Kier alpha value is -1.49. The van der Waals surface area contributed by atoms with Crippen molar-refractivity contribution < 1.29 is 0 Å². The zero-order valence-corrected chi connectivity index (χ0v) is 12.5. The Morgan fingerprint density at radius 2 is 2.35 bits per heavy atom. The summed E-state index contributed by atoms with van der Waals surface area (Å²) in [6, 6.07) is 4.47. The lowest BCUT2D eigenvalue weighted by Gasteiger charge is -2.22. The largest absolute Gasteiger partial charge is 0.384 e. The summed E-state index contributed by atoms with van der Waals surface area (Å²) in [5.74, 6) is 1.73. The van der Waals surface area contributed by atoms with Gasteiger partial charge >= 0.3 is 0 Å². The molecule has 106 valence electrons. The number of rotatable bonds is 4. The van der Waals surface area contributed by atoms with Crippen LogP contribution >= 0.6 is 11.8 Å². The number of anilines is 1. The van der Waals surface area contributed by atoms with Crippen LogP contribution in [0.1, 0.15) is 32.2 Å². The van der Waals surface area contributed by atoms with Gasteiger partial charge in [0.25, 0.3) is 0 Å². The second-order valence-electron chi connectivity index (χ2n) is 5.15. The first-order valence-corrected chi connectivity index (χ1v) is 8.19. The third-order valence-corrected chi connectivity index (χ3v) is 5.21. The molecular weight excluding hydrogens is 268 g/mol. The van der Waals surface area contributed by atoms with Crippen molar-refractivity contribution in [2.75, 3.05) is 11.5 Å². The third kappa shape index (κ3) is 2.54. The fourth-order valence-corrected chi connectivity index (χ4v) is 4.28. The van der Waals surface area contributed by atoms with E-state index in [0.29, 0.717) is 17.1 Å². The predicted octanol–water partition coefficient (Wildman–Crippen LogP) is 3.37. The van der Waals surface area contributed by atoms with Crippen LogP contribution in [0.15, 0.2) is 30.9 Å². The van der Waals surface area contributed by atoms with Crippen molar-refractivity contribution in [1.29, 1.82) is 0 Å². The molecule has 1 aliphatic rings. The minimum atomic E-state index is 0.548. The maximum absolute atomic E-state index is 5.80. The van der Waals surface area contributed by atoms with Crippen LogP contribution in [0.3, 0.4) is 0 Å². The van der Waals surface area contributed by atoms with E-state index in [2.05, 4.69) is 33.2 Å². The number of pyridine rings is 1. The minimum absolute atomic E-state index is 0.548. The Morgan fingerprint density at radius 1 is 1.45 bits per heavy atom. The Kier molecular flexibility index (Phi) is 3.96. The van der Waals surface area contributed by atoms with Crippen molar-refractivity contribution in [3.8, 4) is 11.3 Å². The molecule has 4 nitrogen and oxygen atoms in total. The molecule has 0 radical (unpaired) electrons. The summed E-state index contributed by atoms with van der Waals surface area (Å²) in [4.78, 5) is 8.43. The quantitative estimate of drug-likeness (QED) is 0.937.